The van der Waals surface area contributed by atoms with Crippen molar-refractivity contribution < 1.29 is 9.84 Å². The standard InChI is InChI=1S/C13H24N2O2/c1-5-11(3)15-8-7-12(14-15)9-13(4,16)10-17-6-2/h7-8,11,16H,5-6,9-10H2,1-4H3. The molecule has 0 aliphatic heterocycles. The molecule has 0 aromatic carbocycles. The molecule has 1 heterocycles. The first kappa shape index (κ1) is 14.2. The third-order valence-electron chi connectivity index (χ3n) is 2.89. The van der Waals surface area contributed by atoms with E-state index in [1.165, 1.54) is 0 Å². The fraction of sp³-hybridized carbons (Fsp3) is 0.769. The van der Waals surface area contributed by atoms with Crippen LogP contribution in [-0.4, -0.2) is 33.7 Å². The van der Waals surface area contributed by atoms with Gasteiger partial charge in [-0.1, -0.05) is 6.92 Å². The smallest absolute Gasteiger partial charge is 0.0908 e. The molecule has 17 heavy (non-hydrogen) atoms. The van der Waals surface area contributed by atoms with Gasteiger partial charge in [0.15, 0.2) is 0 Å². The van der Waals surface area contributed by atoms with Crippen LogP contribution in [0.3, 0.4) is 0 Å². The molecule has 0 aliphatic carbocycles. The number of hydrogen-bond acceptors (Lipinski definition) is 3. The Morgan fingerprint density at radius 1 is 1.53 bits per heavy atom. The number of aliphatic hydroxyl groups is 1. The Bertz CT molecular complexity index is 334. The molecule has 1 aromatic rings. The second-order valence-electron chi connectivity index (χ2n) is 4.86. The number of hydrogen-bond donors (Lipinski definition) is 1. The highest BCUT2D eigenvalue weighted by Crippen LogP contribution is 2.15. The van der Waals surface area contributed by atoms with Gasteiger partial charge in [0, 0.05) is 25.3 Å². The van der Waals surface area contributed by atoms with Crippen LogP contribution in [0.25, 0.3) is 0 Å². The van der Waals surface area contributed by atoms with E-state index in [-0.39, 0.29) is 0 Å². The Balaban J connectivity index is 2.59. The largest absolute Gasteiger partial charge is 0.387 e. The molecule has 0 saturated carbocycles. The molecule has 4 heteroatoms. The summed E-state index contributed by atoms with van der Waals surface area (Å²) in [6.45, 7) is 8.95. The van der Waals surface area contributed by atoms with E-state index in [2.05, 4.69) is 18.9 Å². The number of ether oxygens (including phenoxy) is 1. The van der Waals surface area contributed by atoms with Crippen LogP contribution in [-0.2, 0) is 11.2 Å². The van der Waals surface area contributed by atoms with Crippen LogP contribution in [0.5, 0.6) is 0 Å². The molecule has 0 aliphatic rings. The third kappa shape index (κ3) is 4.48. The van der Waals surface area contributed by atoms with Crippen molar-refractivity contribution in [2.24, 2.45) is 0 Å². The molecule has 0 fully saturated rings. The van der Waals surface area contributed by atoms with E-state index in [9.17, 15) is 5.11 Å². The highest BCUT2D eigenvalue weighted by molar-refractivity contribution is 5.03. The highest BCUT2D eigenvalue weighted by atomic mass is 16.5. The van der Waals surface area contributed by atoms with Crippen molar-refractivity contribution in [3.63, 3.8) is 0 Å². The highest BCUT2D eigenvalue weighted by Gasteiger charge is 2.22. The van der Waals surface area contributed by atoms with E-state index < -0.39 is 5.60 Å². The van der Waals surface area contributed by atoms with Crippen LogP contribution in [0, 0.1) is 0 Å². The van der Waals surface area contributed by atoms with Crippen LogP contribution < -0.4 is 0 Å². The average molecular weight is 240 g/mol. The SMILES string of the molecule is CCOCC(C)(O)Cc1ccn(C(C)CC)n1. The quantitative estimate of drug-likeness (QED) is 0.794. The molecule has 2 atom stereocenters. The van der Waals surface area contributed by atoms with Crippen LogP contribution in [0.2, 0.25) is 0 Å². The lowest BCUT2D eigenvalue weighted by Crippen LogP contribution is -2.33. The molecule has 1 N–H and O–H groups in total. The number of nitrogens with zero attached hydrogens (tertiary/aromatic N) is 2. The van der Waals surface area contributed by atoms with Gasteiger partial charge in [-0.2, -0.15) is 5.10 Å². The van der Waals surface area contributed by atoms with Crippen LogP contribution in [0.4, 0.5) is 0 Å². The molecule has 1 rings (SSSR count). The van der Waals surface area contributed by atoms with Gasteiger partial charge < -0.3 is 9.84 Å². The molecular formula is C13H24N2O2. The Hall–Kier alpha value is -0.870. The molecule has 0 spiro atoms. The van der Waals surface area contributed by atoms with E-state index in [1.807, 2.05) is 23.9 Å². The summed E-state index contributed by atoms with van der Waals surface area (Å²) in [5.41, 5.74) is 0.0694. The summed E-state index contributed by atoms with van der Waals surface area (Å²) in [6.07, 6.45) is 3.55. The van der Waals surface area contributed by atoms with E-state index >= 15 is 0 Å². The van der Waals surface area contributed by atoms with Gasteiger partial charge in [-0.15, -0.1) is 0 Å². The van der Waals surface area contributed by atoms with Crippen molar-refractivity contribution in [1.29, 1.82) is 0 Å². The second kappa shape index (κ2) is 6.17. The zero-order chi connectivity index (χ0) is 12.9. The van der Waals surface area contributed by atoms with Gasteiger partial charge in [-0.3, -0.25) is 4.68 Å². The first-order valence-electron chi connectivity index (χ1n) is 6.32. The third-order valence-corrected chi connectivity index (χ3v) is 2.89. The molecule has 98 valence electrons. The Morgan fingerprint density at radius 2 is 2.24 bits per heavy atom. The first-order valence-corrected chi connectivity index (χ1v) is 6.32. The van der Waals surface area contributed by atoms with Gasteiger partial charge >= 0.3 is 0 Å². The molecular weight excluding hydrogens is 216 g/mol. The molecule has 0 amide bonds. The minimum Gasteiger partial charge on any atom is -0.387 e. The summed E-state index contributed by atoms with van der Waals surface area (Å²) < 4.78 is 7.21. The van der Waals surface area contributed by atoms with E-state index in [0.29, 0.717) is 25.7 Å². The average Bonchev–Trinajstić information content (AvgIpc) is 2.73. The Morgan fingerprint density at radius 3 is 2.82 bits per heavy atom. The molecule has 0 saturated heterocycles. The zero-order valence-electron chi connectivity index (χ0n) is 11.3. The van der Waals surface area contributed by atoms with Gasteiger partial charge in [0.1, 0.15) is 0 Å². The van der Waals surface area contributed by atoms with Gasteiger partial charge in [0.25, 0.3) is 0 Å². The van der Waals surface area contributed by atoms with Gasteiger partial charge in [0.05, 0.1) is 17.9 Å². The van der Waals surface area contributed by atoms with Crippen molar-refractivity contribution in [2.45, 2.75) is 52.2 Å². The van der Waals surface area contributed by atoms with Crippen molar-refractivity contribution in [2.75, 3.05) is 13.2 Å². The van der Waals surface area contributed by atoms with Crippen molar-refractivity contribution in [3.8, 4) is 0 Å². The fourth-order valence-corrected chi connectivity index (χ4v) is 1.67. The normalized spacial score (nSPS) is 16.8. The van der Waals surface area contributed by atoms with Gasteiger partial charge in [0.2, 0.25) is 0 Å². The second-order valence-corrected chi connectivity index (χ2v) is 4.86. The monoisotopic (exact) mass is 240 g/mol. The van der Waals surface area contributed by atoms with Crippen molar-refractivity contribution in [1.82, 2.24) is 9.78 Å². The fourth-order valence-electron chi connectivity index (χ4n) is 1.67. The Labute approximate surface area is 104 Å². The van der Waals surface area contributed by atoms with E-state index in [0.717, 1.165) is 12.1 Å². The van der Waals surface area contributed by atoms with Gasteiger partial charge in [-0.25, -0.2) is 0 Å². The summed E-state index contributed by atoms with van der Waals surface area (Å²) in [5.74, 6) is 0. The van der Waals surface area contributed by atoms with Crippen LogP contribution in [0.1, 0.15) is 45.9 Å². The minimum absolute atomic E-state index is 0.347. The summed E-state index contributed by atoms with van der Waals surface area (Å²) >= 11 is 0. The van der Waals surface area contributed by atoms with E-state index in [1.54, 1.807) is 6.92 Å². The zero-order valence-corrected chi connectivity index (χ0v) is 11.3. The number of aromatic nitrogens is 2. The summed E-state index contributed by atoms with van der Waals surface area (Å²) in [6, 6.07) is 2.37. The summed E-state index contributed by atoms with van der Waals surface area (Å²) in [4.78, 5) is 0. The summed E-state index contributed by atoms with van der Waals surface area (Å²) in [5, 5.41) is 14.6. The Kier molecular flexibility index (Phi) is 5.15. The van der Waals surface area contributed by atoms with Crippen molar-refractivity contribution in [3.05, 3.63) is 18.0 Å². The topological polar surface area (TPSA) is 47.3 Å². The maximum Gasteiger partial charge on any atom is 0.0908 e. The van der Waals surface area contributed by atoms with Crippen LogP contribution in [0.15, 0.2) is 12.3 Å². The van der Waals surface area contributed by atoms with E-state index in [4.69, 9.17) is 4.74 Å². The maximum absolute atomic E-state index is 10.1. The van der Waals surface area contributed by atoms with Gasteiger partial charge in [-0.05, 0) is 33.3 Å². The van der Waals surface area contributed by atoms with Crippen LogP contribution >= 0.6 is 0 Å². The molecule has 4 nitrogen and oxygen atoms in total. The predicted octanol–water partition coefficient (Wildman–Crippen LogP) is 2.18. The first-order chi connectivity index (χ1) is 7.98. The lowest BCUT2D eigenvalue weighted by Gasteiger charge is -2.21. The molecule has 1 aromatic heterocycles. The lowest BCUT2D eigenvalue weighted by molar-refractivity contribution is -0.0303. The van der Waals surface area contributed by atoms with Crippen molar-refractivity contribution >= 4 is 0 Å². The lowest BCUT2D eigenvalue weighted by atomic mass is 10.0. The maximum atomic E-state index is 10.1. The minimum atomic E-state index is -0.843. The predicted molar refractivity (Wildman–Crippen MR) is 68.0 cm³/mol. The molecule has 0 bridgehead atoms. The summed E-state index contributed by atoms with van der Waals surface area (Å²) in [7, 11) is 0. The molecule has 0 radical (unpaired) electrons. The molecule has 2 unspecified atom stereocenters. The number of rotatable bonds is 7.